The number of aromatic hydroxyl groups is 1. The van der Waals surface area contributed by atoms with E-state index in [9.17, 15) is 102 Å². The van der Waals surface area contributed by atoms with Crippen molar-refractivity contribution in [3.05, 3.63) is 59.7 Å². The number of likely N-dealkylation sites (tertiary alicyclic amines) is 2. The maximum absolute atomic E-state index is 14.8. The van der Waals surface area contributed by atoms with Crippen molar-refractivity contribution in [3.63, 3.8) is 0 Å². The Balaban J connectivity index is 1.59. The van der Waals surface area contributed by atoms with Crippen LogP contribution in [0.4, 0.5) is 5.69 Å². The zero-order valence-corrected chi connectivity index (χ0v) is 54.8. The molecule has 2 saturated heterocycles. The van der Waals surface area contributed by atoms with E-state index >= 15 is 0 Å². The summed E-state index contributed by atoms with van der Waals surface area (Å²) < 4.78 is 0. The van der Waals surface area contributed by atoms with Crippen LogP contribution in [-0.2, 0) is 89.6 Å². The van der Waals surface area contributed by atoms with Crippen molar-refractivity contribution < 1.29 is 112 Å². The zero-order valence-electron chi connectivity index (χ0n) is 54.8. The summed E-state index contributed by atoms with van der Waals surface area (Å²) in [6.45, 7) is 6.56. The molecule has 2 heterocycles. The molecule has 0 aromatic heterocycles. The fourth-order valence-corrected chi connectivity index (χ4v) is 11.0. The minimum absolute atomic E-state index is 0.0200. The number of nitrogens with zero attached hydrogens (tertiary/aromatic N) is 2. The largest absolute Gasteiger partial charge is 0.508 e. The summed E-state index contributed by atoms with van der Waals surface area (Å²) in [6, 6.07) is -4.01. The third-order valence-electron chi connectivity index (χ3n) is 16.5. The highest BCUT2D eigenvalue weighted by Crippen LogP contribution is 2.25. The molecule has 11 atom stereocenters. The molecule has 10 amide bonds. The fraction of sp³-hybridized carbons (Fsp3) is 0.562. The first-order valence-corrected chi connectivity index (χ1v) is 32.1. The van der Waals surface area contributed by atoms with Crippen molar-refractivity contribution >= 4 is 101 Å². The molecule has 2 aromatic rings. The standard InChI is InChI=1S/C64H89N11O23/c1-5-34(4)54(73-61(94)47-9-6-28-74(47)62(95)41(20-25-51(82)83)69-58(91)44(66-48(77)22-27-53(86)87)31-36-12-16-38(76)17-13-36)63(96)75-29-7-8-46(75)60(93)68-40(19-24-50(80)81)55(88)67-39(18-23-49(78)79)56(89)72-45(32-35-10-14-37(65)15-11-35)59(92)71-43(30-33(2)3)57(90)70-42(64(97)98)21-26-52(84)85/h10-17,33-34,39-47,54,76H,5-9,18-32,65H2,1-4H3,(H,66,77)(H,67,88)(H,68,93)(H,69,91)(H,70,90)(H,71,92)(H,72,89)(H,73,94)(H,78,79)(H,80,81)(H,82,83)(H,84,85)(H,86,87)(H,97,98)/t34-,39-,40-,41-,42-,43-,44-,45-,46-,47-,54-/m0/s1. The molecule has 0 saturated carbocycles. The number of phenolic OH excluding ortho intramolecular Hbond substituents is 1. The van der Waals surface area contributed by atoms with Crippen molar-refractivity contribution in [3.8, 4) is 5.75 Å². The predicted octanol–water partition coefficient (Wildman–Crippen LogP) is -0.879. The van der Waals surface area contributed by atoms with Crippen molar-refractivity contribution in [1.29, 1.82) is 0 Å². The van der Waals surface area contributed by atoms with Gasteiger partial charge in [0.2, 0.25) is 59.1 Å². The number of carbonyl (C=O) groups excluding carboxylic acids is 10. The molecular weight excluding hydrogens is 1290 g/mol. The number of rotatable bonds is 41. The lowest BCUT2D eigenvalue weighted by Crippen LogP contribution is -2.61. The second kappa shape index (κ2) is 38.9. The maximum atomic E-state index is 14.8. The molecule has 0 aliphatic carbocycles. The van der Waals surface area contributed by atoms with E-state index in [0.29, 0.717) is 16.8 Å². The van der Waals surface area contributed by atoms with Gasteiger partial charge in [-0.25, -0.2) is 4.79 Å². The summed E-state index contributed by atoms with van der Waals surface area (Å²) in [7, 11) is 0. The summed E-state index contributed by atoms with van der Waals surface area (Å²) in [6.07, 6.45) is -6.14. The van der Waals surface area contributed by atoms with Gasteiger partial charge in [-0.1, -0.05) is 58.4 Å². The lowest BCUT2D eigenvalue weighted by atomic mass is 9.96. The van der Waals surface area contributed by atoms with E-state index in [1.165, 1.54) is 48.5 Å². The zero-order chi connectivity index (χ0) is 73.1. The molecule has 34 nitrogen and oxygen atoms in total. The summed E-state index contributed by atoms with van der Waals surface area (Å²) in [5, 5.41) is 86.8. The average Bonchev–Trinajstić information content (AvgIpc) is 1.61. The molecule has 0 bridgehead atoms. The van der Waals surface area contributed by atoms with Gasteiger partial charge in [0, 0.05) is 63.7 Å². The van der Waals surface area contributed by atoms with Crippen molar-refractivity contribution in [2.24, 2.45) is 11.8 Å². The Morgan fingerprint density at radius 2 is 0.827 bits per heavy atom. The van der Waals surface area contributed by atoms with E-state index in [4.69, 9.17) is 15.9 Å². The molecule has 2 aliphatic rings. The molecule has 0 radical (unpaired) electrons. The number of hydrogen-bond donors (Lipinski definition) is 16. The van der Waals surface area contributed by atoms with Crippen LogP contribution >= 0.6 is 0 Å². The average molecular weight is 1380 g/mol. The Hall–Kier alpha value is -10.4. The number of aliphatic carboxylic acids is 6. The van der Waals surface area contributed by atoms with Crippen LogP contribution in [0.15, 0.2) is 48.5 Å². The van der Waals surface area contributed by atoms with E-state index in [2.05, 4.69) is 42.5 Å². The highest BCUT2D eigenvalue weighted by Gasteiger charge is 2.44. The van der Waals surface area contributed by atoms with Crippen molar-refractivity contribution in [2.45, 2.75) is 204 Å². The van der Waals surface area contributed by atoms with E-state index in [1.807, 2.05) is 0 Å². The summed E-state index contributed by atoms with van der Waals surface area (Å²) in [5.41, 5.74) is 7.01. The van der Waals surface area contributed by atoms with Crippen molar-refractivity contribution in [1.82, 2.24) is 52.3 Å². The van der Waals surface area contributed by atoms with E-state index in [-0.39, 0.29) is 76.1 Å². The SMILES string of the molecule is CC[C@H](C)[C@H](NC(=O)[C@@H]1CCCN1C(=O)[C@H](CCC(=O)O)NC(=O)[C@H](Cc1ccc(O)cc1)NC(=O)CCC(=O)O)C(=O)N1CCC[C@H]1C(=O)N[C@@H](CCC(=O)O)C(=O)N[C@@H](CCC(=O)O)C(=O)N[C@@H](Cc1ccc(N)cc1)C(=O)N[C@@H](CC(C)C)C(=O)N[C@@H](CCC(=O)O)C(=O)O. The van der Waals surface area contributed by atoms with E-state index in [1.54, 1.807) is 27.7 Å². The third kappa shape index (κ3) is 26.3. The van der Waals surface area contributed by atoms with Gasteiger partial charge in [-0.3, -0.25) is 71.9 Å². The topological polar surface area (TPSA) is 543 Å². The van der Waals surface area contributed by atoms with Gasteiger partial charge in [0.25, 0.3) is 0 Å². The number of nitrogens with two attached hydrogens (primary N) is 1. The van der Waals surface area contributed by atoms with Gasteiger partial charge in [0.05, 0.1) is 6.42 Å². The lowest BCUT2D eigenvalue weighted by Gasteiger charge is -2.34. The van der Waals surface area contributed by atoms with Crippen LogP contribution in [-0.4, -0.2) is 214 Å². The minimum Gasteiger partial charge on any atom is -0.508 e. The molecule has 2 fully saturated rings. The maximum Gasteiger partial charge on any atom is 0.326 e. The van der Waals surface area contributed by atoms with Gasteiger partial charge >= 0.3 is 35.8 Å². The van der Waals surface area contributed by atoms with Gasteiger partial charge in [0.15, 0.2) is 0 Å². The summed E-state index contributed by atoms with van der Waals surface area (Å²) in [4.78, 5) is 214. The van der Waals surface area contributed by atoms with Crippen LogP contribution in [0, 0.1) is 11.8 Å². The van der Waals surface area contributed by atoms with Crippen LogP contribution in [0.25, 0.3) is 0 Å². The Kier molecular flexibility index (Phi) is 31.8. The number of nitrogen functional groups attached to an aromatic ring is 1. The second-order valence-corrected chi connectivity index (χ2v) is 24.6. The number of carbonyl (C=O) groups is 16. The first-order valence-electron chi connectivity index (χ1n) is 32.1. The second-order valence-electron chi connectivity index (χ2n) is 24.6. The van der Waals surface area contributed by atoms with Gasteiger partial charge in [-0.2, -0.15) is 0 Å². The number of phenols is 1. The van der Waals surface area contributed by atoms with Gasteiger partial charge in [0.1, 0.15) is 66.2 Å². The monoisotopic (exact) mass is 1380 g/mol. The van der Waals surface area contributed by atoms with Gasteiger partial charge in [-0.15, -0.1) is 0 Å². The summed E-state index contributed by atoms with van der Waals surface area (Å²) >= 11 is 0. The molecule has 0 unspecified atom stereocenters. The number of carboxylic acids is 6. The molecule has 0 spiro atoms. The highest BCUT2D eigenvalue weighted by molar-refractivity contribution is 6.00. The lowest BCUT2D eigenvalue weighted by molar-refractivity contribution is -0.146. The van der Waals surface area contributed by atoms with Crippen LogP contribution in [0.3, 0.4) is 0 Å². The van der Waals surface area contributed by atoms with Crippen molar-refractivity contribution in [2.75, 3.05) is 18.8 Å². The van der Waals surface area contributed by atoms with Crippen LogP contribution in [0.5, 0.6) is 5.75 Å². The summed E-state index contributed by atoms with van der Waals surface area (Å²) in [5.74, 6) is -19.2. The Bertz CT molecular complexity index is 3220. The molecule has 2 aliphatic heterocycles. The molecule has 538 valence electrons. The van der Waals surface area contributed by atoms with Crippen LogP contribution < -0.4 is 48.3 Å². The number of carboxylic acid groups (broad SMARTS) is 6. The minimum atomic E-state index is -1.83. The molecule has 4 rings (SSSR count). The molecule has 34 heteroatoms. The molecule has 17 N–H and O–H groups in total. The smallest absolute Gasteiger partial charge is 0.326 e. The number of benzene rings is 2. The molecule has 2 aromatic carbocycles. The third-order valence-corrected chi connectivity index (χ3v) is 16.5. The van der Waals surface area contributed by atoms with Gasteiger partial charge in [-0.05, 0) is 105 Å². The number of hydrogen-bond acceptors (Lipinski definition) is 18. The molecular formula is C64H89N11O23. The normalized spacial score (nSPS) is 16.9. The number of amides is 10. The van der Waals surface area contributed by atoms with E-state index in [0.717, 1.165) is 9.80 Å². The number of anilines is 1. The Labute approximate surface area is 563 Å². The quantitative estimate of drug-likeness (QED) is 0.0360. The van der Waals surface area contributed by atoms with Crippen LogP contribution in [0.2, 0.25) is 0 Å². The van der Waals surface area contributed by atoms with E-state index < -0.39 is 225 Å². The van der Waals surface area contributed by atoms with Crippen LogP contribution in [0.1, 0.15) is 142 Å². The first kappa shape index (κ1) is 80.0. The Morgan fingerprint density at radius 3 is 1.30 bits per heavy atom. The van der Waals surface area contributed by atoms with Gasteiger partial charge < -0.3 is 93.8 Å². The fourth-order valence-electron chi connectivity index (χ4n) is 11.0. The first-order chi connectivity index (χ1) is 46.2. The molecule has 98 heavy (non-hydrogen) atoms. The number of nitrogens with one attached hydrogen (secondary N) is 8. The highest BCUT2D eigenvalue weighted by atomic mass is 16.4. The Morgan fingerprint density at radius 1 is 0.449 bits per heavy atom. The predicted molar refractivity (Wildman–Crippen MR) is 342 cm³/mol.